The minimum absolute atomic E-state index is 0.0958. The standard InChI is InChI=1S/C19H11F3N4O2S/c20-19(21,22)16-9-14-15(8-11-3-1-5-13(7-11)26(27)28)24-17(25-18(14)29-16)12-4-2-6-23-10-12/h1-7,9-10H,8H2. The summed E-state index contributed by atoms with van der Waals surface area (Å²) in [5.74, 6) is 0.251. The molecule has 0 saturated carbocycles. The minimum Gasteiger partial charge on any atom is -0.264 e. The molecule has 4 aromatic rings. The van der Waals surface area contributed by atoms with E-state index in [1.807, 2.05) is 0 Å². The third-order valence-corrected chi connectivity index (χ3v) is 5.24. The lowest BCUT2D eigenvalue weighted by Gasteiger charge is -2.06. The second-order valence-electron chi connectivity index (χ2n) is 6.17. The number of hydrogen-bond acceptors (Lipinski definition) is 6. The zero-order valence-corrected chi connectivity index (χ0v) is 15.4. The second-order valence-corrected chi connectivity index (χ2v) is 7.20. The van der Waals surface area contributed by atoms with Gasteiger partial charge in [-0.05, 0) is 23.8 Å². The summed E-state index contributed by atoms with van der Waals surface area (Å²) in [4.78, 5) is 22.7. The number of nitrogens with zero attached hydrogens (tertiary/aromatic N) is 4. The van der Waals surface area contributed by atoms with Gasteiger partial charge in [-0.2, -0.15) is 13.2 Å². The highest BCUT2D eigenvalue weighted by Crippen LogP contribution is 2.39. The number of rotatable bonds is 4. The zero-order valence-electron chi connectivity index (χ0n) is 14.6. The van der Waals surface area contributed by atoms with Crippen molar-refractivity contribution in [2.24, 2.45) is 0 Å². The highest BCUT2D eigenvalue weighted by molar-refractivity contribution is 7.18. The second kappa shape index (κ2) is 7.21. The van der Waals surface area contributed by atoms with Gasteiger partial charge in [-0.3, -0.25) is 15.1 Å². The Morgan fingerprint density at radius 3 is 2.62 bits per heavy atom. The van der Waals surface area contributed by atoms with Crippen molar-refractivity contribution in [3.63, 3.8) is 0 Å². The van der Waals surface area contributed by atoms with Gasteiger partial charge in [0.1, 0.15) is 9.71 Å². The Balaban J connectivity index is 1.87. The molecule has 6 nitrogen and oxygen atoms in total. The van der Waals surface area contributed by atoms with Gasteiger partial charge in [0.15, 0.2) is 5.82 Å². The van der Waals surface area contributed by atoms with E-state index in [9.17, 15) is 23.3 Å². The number of nitro benzene ring substituents is 1. The third-order valence-electron chi connectivity index (χ3n) is 4.16. The Bertz CT molecular complexity index is 1210. The van der Waals surface area contributed by atoms with Gasteiger partial charge >= 0.3 is 6.18 Å². The highest BCUT2D eigenvalue weighted by atomic mass is 32.1. The molecule has 146 valence electrons. The van der Waals surface area contributed by atoms with E-state index in [1.165, 1.54) is 24.4 Å². The number of hydrogen-bond donors (Lipinski definition) is 0. The molecule has 0 unspecified atom stereocenters. The summed E-state index contributed by atoms with van der Waals surface area (Å²) in [6.07, 6.45) is -1.28. The Hall–Kier alpha value is -3.40. The molecule has 0 aliphatic carbocycles. The van der Waals surface area contributed by atoms with Crippen molar-refractivity contribution in [3.8, 4) is 11.4 Å². The average molecular weight is 416 g/mol. The lowest BCUT2D eigenvalue weighted by Crippen LogP contribution is -2.01. The third kappa shape index (κ3) is 3.92. The lowest BCUT2D eigenvalue weighted by molar-refractivity contribution is -0.384. The van der Waals surface area contributed by atoms with Crippen LogP contribution in [0.4, 0.5) is 18.9 Å². The topological polar surface area (TPSA) is 81.8 Å². The molecule has 0 saturated heterocycles. The first-order valence-corrected chi connectivity index (χ1v) is 9.14. The number of fused-ring (bicyclic) bond motifs is 1. The number of aromatic nitrogens is 3. The van der Waals surface area contributed by atoms with Crippen LogP contribution in [0.15, 0.2) is 54.9 Å². The lowest BCUT2D eigenvalue weighted by atomic mass is 10.1. The fraction of sp³-hybridized carbons (Fsp3) is 0.105. The van der Waals surface area contributed by atoms with Crippen molar-refractivity contribution >= 4 is 27.2 Å². The molecule has 0 N–H and O–H groups in total. The number of nitro groups is 1. The summed E-state index contributed by atoms with van der Waals surface area (Å²) >= 11 is 0.541. The molecule has 0 radical (unpaired) electrons. The number of pyridine rings is 1. The van der Waals surface area contributed by atoms with Crippen LogP contribution in [-0.2, 0) is 12.6 Å². The first-order chi connectivity index (χ1) is 13.8. The number of halogens is 3. The van der Waals surface area contributed by atoms with Crippen LogP contribution in [0.1, 0.15) is 16.1 Å². The zero-order chi connectivity index (χ0) is 20.6. The van der Waals surface area contributed by atoms with Crippen LogP contribution in [0.5, 0.6) is 0 Å². The Labute approximate surface area is 165 Å². The largest absolute Gasteiger partial charge is 0.425 e. The monoisotopic (exact) mass is 416 g/mol. The molecule has 0 aliphatic heterocycles. The quantitative estimate of drug-likeness (QED) is 0.334. The van der Waals surface area contributed by atoms with Crippen LogP contribution >= 0.6 is 11.3 Å². The SMILES string of the molecule is O=[N+]([O-])c1cccc(Cc2nc(-c3cccnc3)nc3sc(C(F)(F)F)cc23)c1. The molecule has 1 aromatic carbocycles. The first kappa shape index (κ1) is 18.9. The number of alkyl halides is 3. The van der Waals surface area contributed by atoms with Gasteiger partial charge in [0.2, 0.25) is 0 Å². The van der Waals surface area contributed by atoms with Crippen LogP contribution in [0.2, 0.25) is 0 Å². The number of benzene rings is 1. The molecule has 0 spiro atoms. The van der Waals surface area contributed by atoms with Crippen LogP contribution in [-0.4, -0.2) is 19.9 Å². The van der Waals surface area contributed by atoms with E-state index in [1.54, 1.807) is 24.4 Å². The van der Waals surface area contributed by atoms with Crippen molar-refractivity contribution in [2.75, 3.05) is 0 Å². The smallest absolute Gasteiger partial charge is 0.264 e. The maximum atomic E-state index is 13.2. The summed E-state index contributed by atoms with van der Waals surface area (Å²) in [6, 6.07) is 10.4. The van der Waals surface area contributed by atoms with E-state index in [2.05, 4.69) is 15.0 Å². The van der Waals surface area contributed by atoms with Gasteiger partial charge in [0, 0.05) is 41.9 Å². The maximum absolute atomic E-state index is 13.2. The molecule has 0 amide bonds. The van der Waals surface area contributed by atoms with Gasteiger partial charge in [-0.15, -0.1) is 11.3 Å². The van der Waals surface area contributed by atoms with Crippen LogP contribution in [0, 0.1) is 10.1 Å². The molecule has 29 heavy (non-hydrogen) atoms. The summed E-state index contributed by atoms with van der Waals surface area (Å²) in [5, 5.41) is 11.3. The molecule has 0 bridgehead atoms. The molecular weight excluding hydrogens is 405 g/mol. The fourth-order valence-electron chi connectivity index (χ4n) is 2.85. The van der Waals surface area contributed by atoms with Gasteiger partial charge < -0.3 is 0 Å². The van der Waals surface area contributed by atoms with Gasteiger partial charge in [0.05, 0.1) is 10.6 Å². The predicted molar refractivity (Wildman–Crippen MR) is 102 cm³/mol. The van der Waals surface area contributed by atoms with E-state index in [0.29, 0.717) is 28.2 Å². The predicted octanol–water partition coefficient (Wildman–Crippen LogP) is 5.27. The normalized spacial score (nSPS) is 11.7. The van der Waals surface area contributed by atoms with E-state index in [-0.39, 0.29) is 28.1 Å². The van der Waals surface area contributed by atoms with Crippen molar-refractivity contribution in [1.82, 2.24) is 15.0 Å². The summed E-state index contributed by atoms with van der Waals surface area (Å²) in [6.45, 7) is 0. The summed E-state index contributed by atoms with van der Waals surface area (Å²) < 4.78 is 39.7. The Morgan fingerprint density at radius 1 is 1.10 bits per heavy atom. The average Bonchev–Trinajstić information content (AvgIpc) is 3.14. The Kier molecular flexibility index (Phi) is 4.71. The van der Waals surface area contributed by atoms with Crippen LogP contribution in [0.25, 0.3) is 21.6 Å². The molecule has 0 atom stereocenters. The van der Waals surface area contributed by atoms with Gasteiger partial charge in [-0.25, -0.2) is 9.97 Å². The molecule has 3 heterocycles. The Morgan fingerprint density at radius 2 is 1.93 bits per heavy atom. The molecular formula is C19H11F3N4O2S. The number of thiophene rings is 1. The van der Waals surface area contributed by atoms with Crippen molar-refractivity contribution in [3.05, 3.63) is 81.1 Å². The highest BCUT2D eigenvalue weighted by Gasteiger charge is 2.33. The molecule has 4 rings (SSSR count). The number of non-ortho nitro benzene ring substituents is 1. The van der Waals surface area contributed by atoms with Crippen LogP contribution in [0.3, 0.4) is 0 Å². The van der Waals surface area contributed by atoms with E-state index < -0.39 is 16.0 Å². The van der Waals surface area contributed by atoms with E-state index in [0.717, 1.165) is 6.07 Å². The molecule has 0 aliphatic rings. The van der Waals surface area contributed by atoms with E-state index >= 15 is 0 Å². The van der Waals surface area contributed by atoms with Gasteiger partial charge in [-0.1, -0.05) is 12.1 Å². The van der Waals surface area contributed by atoms with Crippen molar-refractivity contribution < 1.29 is 18.1 Å². The van der Waals surface area contributed by atoms with E-state index in [4.69, 9.17) is 0 Å². The van der Waals surface area contributed by atoms with Gasteiger partial charge in [0.25, 0.3) is 5.69 Å². The first-order valence-electron chi connectivity index (χ1n) is 8.32. The summed E-state index contributed by atoms with van der Waals surface area (Å²) in [7, 11) is 0. The molecule has 3 aromatic heterocycles. The molecule has 10 heteroatoms. The fourth-order valence-corrected chi connectivity index (χ4v) is 3.77. The van der Waals surface area contributed by atoms with Crippen molar-refractivity contribution in [2.45, 2.75) is 12.6 Å². The summed E-state index contributed by atoms with van der Waals surface area (Å²) in [5.41, 5.74) is 1.40. The minimum atomic E-state index is -4.50. The maximum Gasteiger partial charge on any atom is 0.425 e. The molecule has 0 fully saturated rings. The van der Waals surface area contributed by atoms with Crippen LogP contribution < -0.4 is 0 Å². The van der Waals surface area contributed by atoms with Crippen molar-refractivity contribution in [1.29, 1.82) is 0 Å².